The standard InChI is InChI=1S/C18H21NO2/c1-2-12-19-13-14-20-17-10-6-7-11-18(17)21-15-16-8-4-3-5-9-16/h2-11,19H,1,12-15H2. The van der Waals surface area contributed by atoms with Crippen LogP contribution in [0.2, 0.25) is 0 Å². The monoisotopic (exact) mass is 283 g/mol. The lowest BCUT2D eigenvalue weighted by Gasteiger charge is -2.12. The minimum Gasteiger partial charge on any atom is -0.488 e. The summed E-state index contributed by atoms with van der Waals surface area (Å²) in [6.45, 7) is 6.36. The Kier molecular flexibility index (Phi) is 6.36. The maximum absolute atomic E-state index is 5.84. The molecule has 0 unspecified atom stereocenters. The number of para-hydroxylation sites is 2. The Bertz CT molecular complexity index is 540. The fraction of sp³-hybridized carbons (Fsp3) is 0.222. The predicted molar refractivity (Wildman–Crippen MR) is 85.8 cm³/mol. The zero-order chi connectivity index (χ0) is 14.8. The second-order valence-electron chi connectivity index (χ2n) is 4.56. The molecule has 2 rings (SSSR count). The molecule has 2 aromatic carbocycles. The summed E-state index contributed by atoms with van der Waals surface area (Å²) in [4.78, 5) is 0. The Hall–Kier alpha value is -2.26. The van der Waals surface area contributed by atoms with E-state index in [2.05, 4.69) is 11.9 Å². The molecule has 0 spiro atoms. The van der Waals surface area contributed by atoms with Crippen LogP contribution in [0.5, 0.6) is 11.5 Å². The van der Waals surface area contributed by atoms with Gasteiger partial charge in [0, 0.05) is 13.1 Å². The summed E-state index contributed by atoms with van der Waals surface area (Å²) in [7, 11) is 0. The van der Waals surface area contributed by atoms with Crippen molar-refractivity contribution in [3.63, 3.8) is 0 Å². The van der Waals surface area contributed by atoms with Gasteiger partial charge in [-0.05, 0) is 17.7 Å². The molecule has 0 aromatic heterocycles. The molecule has 1 N–H and O–H groups in total. The molecule has 0 radical (unpaired) electrons. The van der Waals surface area contributed by atoms with E-state index in [-0.39, 0.29) is 0 Å². The van der Waals surface area contributed by atoms with E-state index in [1.165, 1.54) is 0 Å². The zero-order valence-corrected chi connectivity index (χ0v) is 12.1. The van der Waals surface area contributed by atoms with Crippen molar-refractivity contribution in [1.29, 1.82) is 0 Å². The van der Waals surface area contributed by atoms with Crippen molar-refractivity contribution in [2.24, 2.45) is 0 Å². The summed E-state index contributed by atoms with van der Waals surface area (Å²) < 4.78 is 11.6. The van der Waals surface area contributed by atoms with E-state index in [0.717, 1.165) is 30.2 Å². The van der Waals surface area contributed by atoms with Crippen LogP contribution in [0, 0.1) is 0 Å². The van der Waals surface area contributed by atoms with Gasteiger partial charge in [-0.25, -0.2) is 0 Å². The van der Waals surface area contributed by atoms with Gasteiger partial charge in [0.1, 0.15) is 13.2 Å². The molecule has 0 amide bonds. The van der Waals surface area contributed by atoms with Crippen molar-refractivity contribution in [3.8, 4) is 11.5 Å². The van der Waals surface area contributed by atoms with Gasteiger partial charge in [-0.3, -0.25) is 0 Å². The third kappa shape index (κ3) is 5.32. The predicted octanol–water partition coefficient (Wildman–Crippen LogP) is 3.42. The van der Waals surface area contributed by atoms with Crippen LogP contribution >= 0.6 is 0 Å². The Labute approximate surface area is 126 Å². The van der Waals surface area contributed by atoms with Crippen molar-refractivity contribution in [2.75, 3.05) is 19.7 Å². The smallest absolute Gasteiger partial charge is 0.161 e. The molecule has 0 aliphatic carbocycles. The molecular weight excluding hydrogens is 262 g/mol. The van der Waals surface area contributed by atoms with E-state index in [1.807, 2.05) is 60.7 Å². The first-order chi connectivity index (χ1) is 10.4. The Balaban J connectivity index is 1.86. The van der Waals surface area contributed by atoms with Crippen molar-refractivity contribution in [1.82, 2.24) is 5.32 Å². The van der Waals surface area contributed by atoms with Gasteiger partial charge in [0.05, 0.1) is 0 Å². The fourth-order valence-electron chi connectivity index (χ4n) is 1.86. The molecule has 0 saturated heterocycles. The first kappa shape index (κ1) is 15.1. The second-order valence-corrected chi connectivity index (χ2v) is 4.56. The third-order valence-corrected chi connectivity index (χ3v) is 2.91. The normalized spacial score (nSPS) is 10.1. The molecule has 3 nitrogen and oxygen atoms in total. The maximum Gasteiger partial charge on any atom is 0.161 e. The second kappa shape index (κ2) is 8.82. The van der Waals surface area contributed by atoms with E-state index >= 15 is 0 Å². The molecule has 0 heterocycles. The highest BCUT2D eigenvalue weighted by molar-refractivity contribution is 5.39. The molecule has 21 heavy (non-hydrogen) atoms. The topological polar surface area (TPSA) is 30.5 Å². The molecule has 0 fully saturated rings. The summed E-state index contributed by atoms with van der Waals surface area (Å²) >= 11 is 0. The molecule has 110 valence electrons. The Morgan fingerprint density at radius 3 is 2.29 bits per heavy atom. The largest absolute Gasteiger partial charge is 0.488 e. The quantitative estimate of drug-likeness (QED) is 0.565. The molecule has 3 heteroatoms. The highest BCUT2D eigenvalue weighted by Crippen LogP contribution is 2.27. The van der Waals surface area contributed by atoms with Gasteiger partial charge >= 0.3 is 0 Å². The van der Waals surface area contributed by atoms with Gasteiger partial charge in [-0.2, -0.15) is 0 Å². The average molecular weight is 283 g/mol. The van der Waals surface area contributed by atoms with E-state index in [4.69, 9.17) is 9.47 Å². The first-order valence-electron chi connectivity index (χ1n) is 7.10. The van der Waals surface area contributed by atoms with Crippen LogP contribution in [0.25, 0.3) is 0 Å². The molecule has 0 bridgehead atoms. The lowest BCUT2D eigenvalue weighted by Crippen LogP contribution is -2.20. The molecular formula is C18H21NO2. The summed E-state index contributed by atoms with van der Waals surface area (Å²) in [6, 6.07) is 17.8. The Morgan fingerprint density at radius 2 is 1.57 bits per heavy atom. The van der Waals surface area contributed by atoms with Gasteiger partial charge in [-0.15, -0.1) is 6.58 Å². The number of hydrogen-bond donors (Lipinski definition) is 1. The van der Waals surface area contributed by atoms with Gasteiger partial charge in [-0.1, -0.05) is 48.5 Å². The lowest BCUT2D eigenvalue weighted by atomic mass is 10.2. The van der Waals surface area contributed by atoms with Gasteiger partial charge in [0.15, 0.2) is 11.5 Å². The zero-order valence-electron chi connectivity index (χ0n) is 12.1. The summed E-state index contributed by atoms with van der Waals surface area (Å²) in [5.74, 6) is 1.54. The van der Waals surface area contributed by atoms with Crippen LogP contribution in [0.3, 0.4) is 0 Å². The maximum atomic E-state index is 5.84. The van der Waals surface area contributed by atoms with Crippen molar-refractivity contribution in [2.45, 2.75) is 6.61 Å². The lowest BCUT2D eigenvalue weighted by molar-refractivity contribution is 0.262. The molecule has 0 atom stereocenters. The van der Waals surface area contributed by atoms with Crippen LogP contribution in [0.15, 0.2) is 67.3 Å². The summed E-state index contributed by atoms with van der Waals surface area (Å²) in [6.07, 6.45) is 1.83. The highest BCUT2D eigenvalue weighted by atomic mass is 16.5. The molecule has 2 aromatic rings. The average Bonchev–Trinajstić information content (AvgIpc) is 2.55. The van der Waals surface area contributed by atoms with Crippen molar-refractivity contribution >= 4 is 0 Å². The minimum atomic E-state index is 0.538. The molecule has 0 aliphatic heterocycles. The number of benzene rings is 2. The Morgan fingerprint density at radius 1 is 0.905 bits per heavy atom. The number of rotatable bonds is 9. The molecule has 0 aliphatic rings. The number of nitrogens with one attached hydrogen (secondary N) is 1. The fourth-order valence-corrected chi connectivity index (χ4v) is 1.86. The van der Waals surface area contributed by atoms with Gasteiger partial charge in [0.25, 0.3) is 0 Å². The van der Waals surface area contributed by atoms with Gasteiger partial charge in [0.2, 0.25) is 0 Å². The number of ether oxygens (including phenoxy) is 2. The summed E-state index contributed by atoms with van der Waals surface area (Å²) in [5, 5.41) is 3.20. The van der Waals surface area contributed by atoms with Crippen LogP contribution in [0.1, 0.15) is 5.56 Å². The summed E-state index contributed by atoms with van der Waals surface area (Å²) in [5.41, 5.74) is 1.14. The SMILES string of the molecule is C=CCNCCOc1ccccc1OCc1ccccc1. The van der Waals surface area contributed by atoms with Crippen molar-refractivity contribution in [3.05, 3.63) is 72.8 Å². The number of hydrogen-bond acceptors (Lipinski definition) is 3. The van der Waals surface area contributed by atoms with E-state index < -0.39 is 0 Å². The highest BCUT2D eigenvalue weighted by Gasteiger charge is 2.04. The van der Waals surface area contributed by atoms with E-state index in [0.29, 0.717) is 13.2 Å². The van der Waals surface area contributed by atoms with Crippen LogP contribution < -0.4 is 14.8 Å². The third-order valence-electron chi connectivity index (χ3n) is 2.91. The minimum absolute atomic E-state index is 0.538. The van der Waals surface area contributed by atoms with Gasteiger partial charge < -0.3 is 14.8 Å². The van der Waals surface area contributed by atoms with E-state index in [1.54, 1.807) is 0 Å². The van der Waals surface area contributed by atoms with Crippen LogP contribution in [-0.4, -0.2) is 19.7 Å². The van der Waals surface area contributed by atoms with Crippen LogP contribution in [0.4, 0.5) is 0 Å². The van der Waals surface area contributed by atoms with Crippen LogP contribution in [-0.2, 0) is 6.61 Å². The van der Waals surface area contributed by atoms with Crippen molar-refractivity contribution < 1.29 is 9.47 Å². The first-order valence-corrected chi connectivity index (χ1v) is 7.10. The van der Waals surface area contributed by atoms with E-state index in [9.17, 15) is 0 Å². The molecule has 0 saturated carbocycles.